The van der Waals surface area contributed by atoms with Crippen LogP contribution >= 0.6 is 11.6 Å². The van der Waals surface area contributed by atoms with Crippen LogP contribution in [0.3, 0.4) is 0 Å². The van der Waals surface area contributed by atoms with Crippen molar-refractivity contribution >= 4 is 23.3 Å². The standard InChI is InChI=1S/C23H20ClN3O3/c1-16-4-2-3-5-20(16)29-15-19-10-11-21(30-19)23(28)25-22-12-13-27(26-22)14-17-6-8-18(24)9-7-17/h2-13H,14-15H2,1H3,(H,25,26,28). The summed E-state index contributed by atoms with van der Waals surface area (Å²) in [4.78, 5) is 12.5. The second-order valence-electron chi connectivity index (χ2n) is 6.80. The summed E-state index contributed by atoms with van der Waals surface area (Å²) in [5.41, 5.74) is 2.10. The number of aromatic nitrogens is 2. The largest absolute Gasteiger partial charge is 0.485 e. The number of furan rings is 1. The summed E-state index contributed by atoms with van der Waals surface area (Å²) in [6.45, 7) is 2.80. The van der Waals surface area contributed by atoms with Gasteiger partial charge in [-0.05, 0) is 48.4 Å². The molecule has 2 aromatic carbocycles. The molecule has 30 heavy (non-hydrogen) atoms. The summed E-state index contributed by atoms with van der Waals surface area (Å²) in [7, 11) is 0. The van der Waals surface area contributed by atoms with Gasteiger partial charge in [-0.25, -0.2) is 0 Å². The summed E-state index contributed by atoms with van der Waals surface area (Å²) in [5.74, 6) is 1.63. The van der Waals surface area contributed by atoms with E-state index < -0.39 is 0 Å². The van der Waals surface area contributed by atoms with Crippen LogP contribution in [0.1, 0.15) is 27.4 Å². The Morgan fingerprint density at radius 2 is 1.90 bits per heavy atom. The fraction of sp³-hybridized carbons (Fsp3) is 0.130. The first kappa shape index (κ1) is 19.8. The lowest BCUT2D eigenvalue weighted by molar-refractivity contribution is 0.0992. The van der Waals surface area contributed by atoms with E-state index in [0.717, 1.165) is 16.9 Å². The minimum atomic E-state index is -0.367. The number of hydrogen-bond acceptors (Lipinski definition) is 4. The predicted octanol–water partition coefficient (Wildman–Crippen LogP) is 5.32. The van der Waals surface area contributed by atoms with Crippen LogP contribution < -0.4 is 10.1 Å². The highest BCUT2D eigenvalue weighted by molar-refractivity contribution is 6.30. The average molecular weight is 422 g/mol. The molecule has 0 spiro atoms. The lowest BCUT2D eigenvalue weighted by atomic mass is 10.2. The average Bonchev–Trinajstić information content (AvgIpc) is 3.39. The molecule has 4 aromatic rings. The fourth-order valence-corrected chi connectivity index (χ4v) is 3.04. The second kappa shape index (κ2) is 8.88. The van der Waals surface area contributed by atoms with Crippen molar-refractivity contribution in [1.82, 2.24) is 9.78 Å². The molecule has 0 saturated heterocycles. The molecule has 0 atom stereocenters. The molecule has 152 valence electrons. The van der Waals surface area contributed by atoms with Crippen LogP contribution in [0, 0.1) is 6.92 Å². The number of anilines is 1. The molecule has 2 aromatic heterocycles. The monoisotopic (exact) mass is 421 g/mol. The first-order valence-electron chi connectivity index (χ1n) is 9.43. The molecular weight excluding hydrogens is 402 g/mol. The number of halogens is 1. The fourth-order valence-electron chi connectivity index (χ4n) is 2.92. The van der Waals surface area contributed by atoms with Gasteiger partial charge in [0.15, 0.2) is 11.6 Å². The van der Waals surface area contributed by atoms with E-state index in [1.165, 1.54) is 0 Å². The van der Waals surface area contributed by atoms with Gasteiger partial charge >= 0.3 is 0 Å². The van der Waals surface area contributed by atoms with Crippen LogP contribution in [0.2, 0.25) is 5.02 Å². The zero-order valence-electron chi connectivity index (χ0n) is 16.3. The quantitative estimate of drug-likeness (QED) is 0.438. The predicted molar refractivity (Wildman–Crippen MR) is 115 cm³/mol. The molecule has 0 aliphatic heterocycles. The van der Waals surface area contributed by atoms with Gasteiger partial charge in [-0.2, -0.15) is 5.10 Å². The van der Waals surface area contributed by atoms with E-state index >= 15 is 0 Å². The Hall–Kier alpha value is -3.51. The SMILES string of the molecule is Cc1ccccc1OCc1ccc(C(=O)Nc2ccn(Cc3ccc(Cl)cc3)n2)o1. The van der Waals surface area contributed by atoms with Crippen molar-refractivity contribution in [3.63, 3.8) is 0 Å². The number of aryl methyl sites for hydroxylation is 1. The number of rotatable bonds is 7. The second-order valence-corrected chi connectivity index (χ2v) is 7.24. The van der Waals surface area contributed by atoms with Gasteiger partial charge in [0.1, 0.15) is 18.1 Å². The third kappa shape index (κ3) is 4.90. The summed E-state index contributed by atoms with van der Waals surface area (Å²) < 4.78 is 13.1. The Bertz CT molecular complexity index is 1150. The topological polar surface area (TPSA) is 69.3 Å². The number of carbonyl (C=O) groups is 1. The van der Waals surface area contributed by atoms with Crippen molar-refractivity contribution in [1.29, 1.82) is 0 Å². The first-order valence-corrected chi connectivity index (χ1v) is 9.81. The lowest BCUT2D eigenvalue weighted by Crippen LogP contribution is -2.12. The van der Waals surface area contributed by atoms with E-state index in [1.807, 2.05) is 55.5 Å². The maximum atomic E-state index is 12.5. The maximum absolute atomic E-state index is 12.5. The molecule has 0 fully saturated rings. The van der Waals surface area contributed by atoms with Gasteiger partial charge in [-0.3, -0.25) is 9.48 Å². The van der Waals surface area contributed by atoms with E-state index in [1.54, 1.807) is 29.1 Å². The van der Waals surface area contributed by atoms with Gasteiger partial charge in [0.25, 0.3) is 5.91 Å². The molecule has 0 saturated carbocycles. The molecule has 1 N–H and O–H groups in total. The first-order chi connectivity index (χ1) is 14.6. The molecule has 2 heterocycles. The lowest BCUT2D eigenvalue weighted by Gasteiger charge is -2.06. The van der Waals surface area contributed by atoms with Crippen molar-refractivity contribution in [2.75, 3.05) is 5.32 Å². The summed E-state index contributed by atoms with van der Waals surface area (Å²) in [6.07, 6.45) is 1.80. The minimum absolute atomic E-state index is 0.200. The molecule has 4 rings (SSSR count). The molecule has 6 nitrogen and oxygen atoms in total. The number of para-hydroxylation sites is 1. The zero-order chi connectivity index (χ0) is 20.9. The van der Waals surface area contributed by atoms with Crippen LogP contribution in [-0.4, -0.2) is 15.7 Å². The third-order valence-electron chi connectivity index (χ3n) is 4.49. The molecule has 0 aliphatic rings. The Kier molecular flexibility index (Phi) is 5.86. The molecule has 1 amide bonds. The highest BCUT2D eigenvalue weighted by Gasteiger charge is 2.13. The highest BCUT2D eigenvalue weighted by Crippen LogP contribution is 2.19. The van der Waals surface area contributed by atoms with Crippen LogP contribution in [0.25, 0.3) is 0 Å². The van der Waals surface area contributed by atoms with Gasteiger partial charge < -0.3 is 14.5 Å². The van der Waals surface area contributed by atoms with Crippen molar-refractivity contribution < 1.29 is 13.9 Å². The zero-order valence-corrected chi connectivity index (χ0v) is 17.1. The number of hydrogen-bond donors (Lipinski definition) is 1. The molecule has 7 heteroatoms. The highest BCUT2D eigenvalue weighted by atomic mass is 35.5. The Labute approximate surface area is 179 Å². The van der Waals surface area contributed by atoms with Gasteiger partial charge in [0.2, 0.25) is 0 Å². The van der Waals surface area contributed by atoms with E-state index in [-0.39, 0.29) is 18.3 Å². The van der Waals surface area contributed by atoms with Gasteiger partial charge in [-0.1, -0.05) is 41.9 Å². The summed E-state index contributed by atoms with van der Waals surface area (Å²) in [5, 5.41) is 7.80. The van der Waals surface area contributed by atoms with Gasteiger partial charge in [-0.15, -0.1) is 0 Å². The smallest absolute Gasteiger partial charge is 0.292 e. The normalized spacial score (nSPS) is 10.7. The number of nitrogens with zero attached hydrogens (tertiary/aromatic N) is 2. The number of benzene rings is 2. The van der Waals surface area contributed by atoms with Crippen molar-refractivity contribution in [3.05, 3.63) is 101 Å². The Morgan fingerprint density at radius 1 is 1.10 bits per heavy atom. The van der Waals surface area contributed by atoms with Gasteiger partial charge in [0, 0.05) is 17.3 Å². The molecule has 0 radical (unpaired) electrons. The summed E-state index contributed by atoms with van der Waals surface area (Å²) >= 11 is 5.91. The molecular formula is C23H20ClN3O3. The van der Waals surface area contributed by atoms with Crippen LogP contribution in [0.5, 0.6) is 5.75 Å². The molecule has 0 unspecified atom stereocenters. The van der Waals surface area contributed by atoms with Crippen LogP contribution in [-0.2, 0) is 13.2 Å². The number of nitrogens with one attached hydrogen (secondary N) is 1. The van der Waals surface area contributed by atoms with E-state index in [9.17, 15) is 4.79 Å². The van der Waals surface area contributed by atoms with E-state index in [2.05, 4.69) is 10.4 Å². The van der Waals surface area contributed by atoms with Crippen molar-refractivity contribution in [2.24, 2.45) is 0 Å². The van der Waals surface area contributed by atoms with Crippen LogP contribution in [0.4, 0.5) is 5.82 Å². The molecule has 0 bridgehead atoms. The van der Waals surface area contributed by atoms with Gasteiger partial charge in [0.05, 0.1) is 6.54 Å². The third-order valence-corrected chi connectivity index (χ3v) is 4.74. The van der Waals surface area contributed by atoms with Crippen molar-refractivity contribution in [3.8, 4) is 5.75 Å². The Balaban J connectivity index is 1.34. The van der Waals surface area contributed by atoms with E-state index in [0.29, 0.717) is 23.1 Å². The number of carbonyl (C=O) groups excluding carboxylic acids is 1. The molecule has 0 aliphatic carbocycles. The van der Waals surface area contributed by atoms with Crippen molar-refractivity contribution in [2.45, 2.75) is 20.1 Å². The van der Waals surface area contributed by atoms with E-state index in [4.69, 9.17) is 20.8 Å². The number of amides is 1. The van der Waals surface area contributed by atoms with Crippen LogP contribution in [0.15, 0.2) is 77.3 Å². The number of ether oxygens (including phenoxy) is 1. The maximum Gasteiger partial charge on any atom is 0.292 e. The Morgan fingerprint density at radius 3 is 2.70 bits per heavy atom. The minimum Gasteiger partial charge on any atom is -0.485 e. The summed E-state index contributed by atoms with van der Waals surface area (Å²) in [6, 6.07) is 20.4.